The normalized spacial score (nSPS) is 11.3. The predicted octanol–water partition coefficient (Wildman–Crippen LogP) is 4.64. The van der Waals surface area contributed by atoms with Gasteiger partial charge in [-0.05, 0) is 48.0 Å². The Morgan fingerprint density at radius 3 is 2.24 bits per heavy atom. The molecule has 0 saturated heterocycles. The molecular formula is C24H24N2O2S. The molecule has 5 heteroatoms. The molecule has 0 saturated carbocycles. The highest BCUT2D eigenvalue weighted by atomic mass is 32.1. The number of benzene rings is 3. The Morgan fingerprint density at radius 2 is 1.59 bits per heavy atom. The average Bonchev–Trinajstić information content (AvgIpc) is 2.73. The summed E-state index contributed by atoms with van der Waals surface area (Å²) in [5, 5.41) is 6.64. The summed E-state index contributed by atoms with van der Waals surface area (Å²) in [6.07, 6.45) is 0.476. The molecule has 0 aliphatic heterocycles. The van der Waals surface area contributed by atoms with Crippen molar-refractivity contribution in [3.8, 4) is 0 Å². The lowest BCUT2D eigenvalue weighted by atomic mass is 10.1. The molecule has 1 atom stereocenters. The van der Waals surface area contributed by atoms with Crippen molar-refractivity contribution < 1.29 is 9.53 Å². The van der Waals surface area contributed by atoms with Crippen LogP contribution in [0.1, 0.15) is 16.7 Å². The second-order valence-corrected chi connectivity index (χ2v) is 7.21. The van der Waals surface area contributed by atoms with E-state index in [1.807, 2.05) is 91.9 Å². The van der Waals surface area contributed by atoms with Crippen molar-refractivity contribution in [2.75, 3.05) is 5.32 Å². The number of thiocarbonyl (C=S) groups is 1. The summed E-state index contributed by atoms with van der Waals surface area (Å²) in [4.78, 5) is 12.8. The van der Waals surface area contributed by atoms with E-state index in [9.17, 15) is 4.79 Å². The summed E-state index contributed by atoms with van der Waals surface area (Å²) in [6, 6.07) is 26.7. The van der Waals surface area contributed by atoms with E-state index < -0.39 is 6.04 Å². The molecule has 3 rings (SSSR count). The minimum Gasteiger partial charge on any atom is -0.459 e. The second kappa shape index (κ2) is 10.4. The molecule has 0 aliphatic rings. The molecule has 3 aromatic carbocycles. The van der Waals surface area contributed by atoms with Gasteiger partial charge in [0.15, 0.2) is 5.11 Å². The molecule has 3 aromatic rings. The van der Waals surface area contributed by atoms with E-state index in [0.717, 1.165) is 22.4 Å². The summed E-state index contributed by atoms with van der Waals surface area (Å²) in [6.45, 7) is 2.24. The minimum absolute atomic E-state index is 0.227. The zero-order chi connectivity index (χ0) is 20.5. The molecule has 0 heterocycles. The first-order chi connectivity index (χ1) is 14.1. The first kappa shape index (κ1) is 20.6. The summed E-state index contributed by atoms with van der Waals surface area (Å²) in [7, 11) is 0. The smallest absolute Gasteiger partial charge is 0.329 e. The van der Waals surface area contributed by atoms with E-state index in [4.69, 9.17) is 17.0 Å². The number of hydrogen-bond donors (Lipinski definition) is 2. The zero-order valence-electron chi connectivity index (χ0n) is 16.3. The number of aryl methyl sites for hydroxylation is 1. The largest absolute Gasteiger partial charge is 0.459 e. The number of esters is 1. The molecule has 0 spiro atoms. The van der Waals surface area contributed by atoms with Gasteiger partial charge < -0.3 is 15.4 Å². The quantitative estimate of drug-likeness (QED) is 0.444. The second-order valence-electron chi connectivity index (χ2n) is 6.80. The van der Waals surface area contributed by atoms with E-state index in [-0.39, 0.29) is 12.6 Å². The number of carbonyl (C=O) groups excluding carboxylic acids is 1. The first-order valence-electron chi connectivity index (χ1n) is 9.49. The number of anilines is 1. The van der Waals surface area contributed by atoms with E-state index in [2.05, 4.69) is 10.6 Å². The molecule has 2 N–H and O–H groups in total. The summed E-state index contributed by atoms with van der Waals surface area (Å²) in [5.74, 6) is -0.342. The zero-order valence-corrected chi connectivity index (χ0v) is 17.1. The standard InChI is InChI=1S/C24H24N2O2S/c1-18-9-8-14-21(15-18)25-24(29)26-22(16-19-10-4-2-5-11-19)23(27)28-17-20-12-6-3-7-13-20/h2-15,22H,16-17H2,1H3,(H2,25,26,29). The molecule has 29 heavy (non-hydrogen) atoms. The molecule has 0 amide bonds. The van der Waals surface area contributed by atoms with Crippen molar-refractivity contribution >= 4 is 29.0 Å². The van der Waals surface area contributed by atoms with Gasteiger partial charge >= 0.3 is 5.97 Å². The Balaban J connectivity index is 1.66. The molecular weight excluding hydrogens is 380 g/mol. The maximum absolute atomic E-state index is 12.8. The molecule has 0 aliphatic carbocycles. The SMILES string of the molecule is Cc1cccc(NC(=S)NC(Cc2ccccc2)C(=O)OCc2ccccc2)c1. The Kier molecular flexibility index (Phi) is 7.36. The molecule has 0 fully saturated rings. The van der Waals surface area contributed by atoms with E-state index in [1.54, 1.807) is 0 Å². The third kappa shape index (κ3) is 6.73. The summed E-state index contributed by atoms with van der Waals surface area (Å²) >= 11 is 5.44. The molecule has 0 aromatic heterocycles. The lowest BCUT2D eigenvalue weighted by Gasteiger charge is -2.20. The molecule has 4 nitrogen and oxygen atoms in total. The van der Waals surface area contributed by atoms with Crippen LogP contribution in [0.15, 0.2) is 84.9 Å². The van der Waals surface area contributed by atoms with Crippen molar-refractivity contribution in [1.29, 1.82) is 0 Å². The van der Waals surface area contributed by atoms with Gasteiger partial charge in [-0.3, -0.25) is 0 Å². The van der Waals surface area contributed by atoms with Gasteiger partial charge in [-0.15, -0.1) is 0 Å². The predicted molar refractivity (Wildman–Crippen MR) is 121 cm³/mol. The van der Waals surface area contributed by atoms with Gasteiger partial charge in [-0.2, -0.15) is 0 Å². The van der Waals surface area contributed by atoms with Crippen LogP contribution in [0.4, 0.5) is 5.69 Å². The van der Waals surface area contributed by atoms with Crippen LogP contribution >= 0.6 is 12.2 Å². The van der Waals surface area contributed by atoms with Gasteiger partial charge in [-0.1, -0.05) is 72.8 Å². The molecule has 1 unspecified atom stereocenters. The van der Waals surface area contributed by atoms with Crippen LogP contribution < -0.4 is 10.6 Å². The number of carbonyl (C=O) groups is 1. The topological polar surface area (TPSA) is 50.4 Å². The van der Waals surface area contributed by atoms with Crippen molar-refractivity contribution in [2.45, 2.75) is 26.0 Å². The Morgan fingerprint density at radius 1 is 0.931 bits per heavy atom. The number of hydrogen-bond acceptors (Lipinski definition) is 3. The highest BCUT2D eigenvalue weighted by Gasteiger charge is 2.22. The Hall–Kier alpha value is -3.18. The van der Waals surface area contributed by atoms with Gasteiger partial charge in [0.1, 0.15) is 12.6 Å². The fourth-order valence-corrected chi connectivity index (χ4v) is 3.18. The molecule has 0 bridgehead atoms. The Bertz CT molecular complexity index is 945. The van der Waals surface area contributed by atoms with Gasteiger partial charge in [0, 0.05) is 12.1 Å². The fourth-order valence-electron chi connectivity index (χ4n) is 2.92. The third-order valence-electron chi connectivity index (χ3n) is 4.37. The van der Waals surface area contributed by atoms with Crippen LogP contribution in [0.3, 0.4) is 0 Å². The van der Waals surface area contributed by atoms with E-state index in [0.29, 0.717) is 11.5 Å². The van der Waals surface area contributed by atoms with E-state index in [1.165, 1.54) is 0 Å². The maximum Gasteiger partial charge on any atom is 0.329 e. The number of rotatable bonds is 7. The monoisotopic (exact) mass is 404 g/mol. The van der Waals surface area contributed by atoms with Gasteiger partial charge in [-0.25, -0.2) is 4.79 Å². The minimum atomic E-state index is -0.592. The van der Waals surface area contributed by atoms with E-state index >= 15 is 0 Å². The van der Waals surface area contributed by atoms with Crippen LogP contribution in [0.5, 0.6) is 0 Å². The van der Waals surface area contributed by atoms with Crippen molar-refractivity contribution in [3.05, 3.63) is 102 Å². The van der Waals surface area contributed by atoms with Crippen molar-refractivity contribution in [2.24, 2.45) is 0 Å². The molecule has 0 radical (unpaired) electrons. The Labute approximate surface area is 176 Å². The van der Waals surface area contributed by atoms with Crippen LogP contribution in [-0.2, 0) is 22.6 Å². The van der Waals surface area contributed by atoms with Gasteiger partial charge in [0.05, 0.1) is 0 Å². The average molecular weight is 405 g/mol. The fraction of sp³-hybridized carbons (Fsp3) is 0.167. The third-order valence-corrected chi connectivity index (χ3v) is 4.59. The van der Waals surface area contributed by atoms with Gasteiger partial charge in [0.25, 0.3) is 0 Å². The highest BCUT2D eigenvalue weighted by Crippen LogP contribution is 2.11. The van der Waals surface area contributed by atoms with Crippen LogP contribution in [0.25, 0.3) is 0 Å². The lowest BCUT2D eigenvalue weighted by molar-refractivity contribution is -0.147. The van der Waals surface area contributed by atoms with Crippen LogP contribution in [0.2, 0.25) is 0 Å². The van der Waals surface area contributed by atoms with Crippen LogP contribution in [0, 0.1) is 6.92 Å². The lowest BCUT2D eigenvalue weighted by Crippen LogP contribution is -2.45. The summed E-state index contributed by atoms with van der Waals surface area (Å²) < 4.78 is 5.54. The highest BCUT2D eigenvalue weighted by molar-refractivity contribution is 7.80. The molecule has 148 valence electrons. The van der Waals surface area contributed by atoms with Crippen molar-refractivity contribution in [1.82, 2.24) is 5.32 Å². The van der Waals surface area contributed by atoms with Crippen molar-refractivity contribution in [3.63, 3.8) is 0 Å². The number of nitrogens with one attached hydrogen (secondary N) is 2. The van der Waals surface area contributed by atoms with Crippen LogP contribution in [-0.4, -0.2) is 17.1 Å². The first-order valence-corrected chi connectivity index (χ1v) is 9.89. The summed E-state index contributed by atoms with van der Waals surface area (Å²) in [5.41, 5.74) is 3.97. The number of ether oxygens (including phenoxy) is 1. The maximum atomic E-state index is 12.8. The van der Waals surface area contributed by atoms with Gasteiger partial charge in [0.2, 0.25) is 0 Å².